The first-order valence-corrected chi connectivity index (χ1v) is 8.77. The van der Waals surface area contributed by atoms with Gasteiger partial charge in [-0.05, 0) is 38.0 Å². The van der Waals surface area contributed by atoms with Crippen LogP contribution in [0.3, 0.4) is 0 Å². The summed E-state index contributed by atoms with van der Waals surface area (Å²) in [5, 5.41) is 5.57. The number of carbonyl (C=O) groups is 1. The maximum absolute atomic E-state index is 11.5. The van der Waals surface area contributed by atoms with Crippen LogP contribution in [0.25, 0.3) is 0 Å². The fraction of sp³-hybridized carbons (Fsp3) is 0.769. The van der Waals surface area contributed by atoms with Crippen molar-refractivity contribution < 1.29 is 13.2 Å². The van der Waals surface area contributed by atoms with Crippen LogP contribution in [0.2, 0.25) is 0 Å². The molecule has 2 amide bonds. The Balaban J connectivity index is 1.57. The lowest BCUT2D eigenvalue weighted by Gasteiger charge is -2.11. The second kappa shape index (κ2) is 6.41. The van der Waals surface area contributed by atoms with E-state index >= 15 is 0 Å². The average molecular weight is 286 g/mol. The predicted octanol–water partition coefficient (Wildman–Crippen LogP) is 1.22. The third kappa shape index (κ3) is 4.86. The van der Waals surface area contributed by atoms with Crippen LogP contribution in [-0.4, -0.2) is 39.0 Å². The van der Waals surface area contributed by atoms with Gasteiger partial charge in [0.15, 0.2) is 9.84 Å². The minimum Gasteiger partial charge on any atom is -0.338 e. The summed E-state index contributed by atoms with van der Waals surface area (Å²) in [5.74, 6) is 0.545. The lowest BCUT2D eigenvalue weighted by atomic mass is 10.1. The molecule has 1 heterocycles. The summed E-state index contributed by atoms with van der Waals surface area (Å²) in [6.07, 6.45) is 7.39. The van der Waals surface area contributed by atoms with Crippen molar-refractivity contribution in [2.24, 2.45) is 5.92 Å². The van der Waals surface area contributed by atoms with Gasteiger partial charge in [0.1, 0.15) is 0 Å². The third-order valence-electron chi connectivity index (χ3n) is 3.74. The van der Waals surface area contributed by atoms with Crippen molar-refractivity contribution in [2.75, 3.05) is 24.6 Å². The van der Waals surface area contributed by atoms with Crippen molar-refractivity contribution in [3.63, 3.8) is 0 Å². The average Bonchev–Trinajstić information content (AvgIpc) is 2.96. The van der Waals surface area contributed by atoms with E-state index < -0.39 is 9.84 Å². The van der Waals surface area contributed by atoms with E-state index in [1.54, 1.807) is 0 Å². The molecule has 2 N–H and O–H groups in total. The van der Waals surface area contributed by atoms with Gasteiger partial charge < -0.3 is 10.6 Å². The Labute approximate surface area is 114 Å². The molecule has 0 aromatic rings. The van der Waals surface area contributed by atoms with Crippen LogP contribution in [0.15, 0.2) is 11.6 Å². The van der Waals surface area contributed by atoms with Crippen LogP contribution >= 0.6 is 0 Å². The van der Waals surface area contributed by atoms with E-state index in [0.29, 0.717) is 19.5 Å². The monoisotopic (exact) mass is 286 g/mol. The van der Waals surface area contributed by atoms with E-state index in [4.69, 9.17) is 0 Å². The van der Waals surface area contributed by atoms with E-state index in [1.165, 1.54) is 12.0 Å². The number of hydrogen-bond donors (Lipinski definition) is 2. The molecule has 1 aliphatic carbocycles. The minimum atomic E-state index is -2.85. The van der Waals surface area contributed by atoms with Gasteiger partial charge in [-0.15, -0.1) is 0 Å². The molecule has 108 valence electrons. The smallest absolute Gasteiger partial charge is 0.314 e. The van der Waals surface area contributed by atoms with Crippen molar-refractivity contribution in [2.45, 2.75) is 32.1 Å². The van der Waals surface area contributed by atoms with Gasteiger partial charge in [-0.3, -0.25) is 0 Å². The van der Waals surface area contributed by atoms with Crippen LogP contribution in [-0.2, 0) is 9.84 Å². The van der Waals surface area contributed by atoms with E-state index in [0.717, 1.165) is 19.3 Å². The molecular formula is C13H22N2O3S. The van der Waals surface area contributed by atoms with Gasteiger partial charge in [0.05, 0.1) is 11.5 Å². The molecule has 2 aliphatic rings. The summed E-state index contributed by atoms with van der Waals surface area (Å²) in [6, 6.07) is -0.192. The number of hydrogen-bond acceptors (Lipinski definition) is 3. The number of carbonyl (C=O) groups excluding carboxylic acids is 1. The summed E-state index contributed by atoms with van der Waals surface area (Å²) in [4.78, 5) is 11.5. The molecule has 0 spiro atoms. The third-order valence-corrected chi connectivity index (χ3v) is 5.58. The molecule has 1 saturated heterocycles. The first-order valence-electron chi connectivity index (χ1n) is 6.95. The molecular weight excluding hydrogens is 264 g/mol. The molecule has 0 saturated carbocycles. The summed E-state index contributed by atoms with van der Waals surface area (Å²) in [6.45, 7) is 1.11. The highest BCUT2D eigenvalue weighted by molar-refractivity contribution is 7.91. The zero-order chi connectivity index (χ0) is 13.7. The SMILES string of the molecule is O=C(NCCC1=CCCC1)NCC1CCS(=O)(=O)C1. The minimum absolute atomic E-state index is 0.0771. The van der Waals surface area contributed by atoms with Crippen LogP contribution in [0.5, 0.6) is 0 Å². The van der Waals surface area contributed by atoms with Crippen molar-refractivity contribution in [1.29, 1.82) is 0 Å². The quantitative estimate of drug-likeness (QED) is 0.746. The highest BCUT2D eigenvalue weighted by atomic mass is 32.2. The predicted molar refractivity (Wildman–Crippen MR) is 74.7 cm³/mol. The normalized spacial score (nSPS) is 25.1. The number of rotatable bonds is 5. The maximum atomic E-state index is 11.5. The van der Waals surface area contributed by atoms with E-state index in [2.05, 4.69) is 16.7 Å². The van der Waals surface area contributed by atoms with Crippen LogP contribution in [0.4, 0.5) is 4.79 Å². The molecule has 0 aromatic heterocycles. The number of allylic oxidation sites excluding steroid dienone is 1. The summed E-state index contributed by atoms with van der Waals surface area (Å²) in [5.41, 5.74) is 1.43. The van der Waals surface area contributed by atoms with Gasteiger partial charge in [-0.25, -0.2) is 13.2 Å². The van der Waals surface area contributed by atoms with Gasteiger partial charge >= 0.3 is 6.03 Å². The Hall–Kier alpha value is -1.04. The largest absolute Gasteiger partial charge is 0.338 e. The first kappa shape index (κ1) is 14.4. The van der Waals surface area contributed by atoms with Crippen molar-refractivity contribution >= 4 is 15.9 Å². The lowest BCUT2D eigenvalue weighted by molar-refractivity contribution is 0.239. The lowest BCUT2D eigenvalue weighted by Crippen LogP contribution is -2.39. The number of urea groups is 1. The fourth-order valence-corrected chi connectivity index (χ4v) is 4.50. The Bertz CT molecular complexity index is 457. The molecule has 2 rings (SSSR count). The highest BCUT2D eigenvalue weighted by Crippen LogP contribution is 2.19. The molecule has 19 heavy (non-hydrogen) atoms. The van der Waals surface area contributed by atoms with Gasteiger partial charge in [-0.2, -0.15) is 0 Å². The van der Waals surface area contributed by atoms with Crippen LogP contribution in [0, 0.1) is 5.92 Å². The first-order chi connectivity index (χ1) is 9.05. The zero-order valence-electron chi connectivity index (χ0n) is 11.2. The Kier molecular flexibility index (Phi) is 4.85. The molecule has 1 atom stereocenters. The molecule has 5 nitrogen and oxygen atoms in total. The van der Waals surface area contributed by atoms with Crippen molar-refractivity contribution in [3.05, 3.63) is 11.6 Å². The number of amides is 2. The summed E-state index contributed by atoms with van der Waals surface area (Å²) in [7, 11) is -2.85. The van der Waals surface area contributed by atoms with Crippen LogP contribution in [0.1, 0.15) is 32.1 Å². The van der Waals surface area contributed by atoms with Gasteiger partial charge in [0.2, 0.25) is 0 Å². The summed E-state index contributed by atoms with van der Waals surface area (Å²) < 4.78 is 22.5. The van der Waals surface area contributed by atoms with Gasteiger partial charge in [0, 0.05) is 13.1 Å². The zero-order valence-corrected chi connectivity index (χ0v) is 12.0. The maximum Gasteiger partial charge on any atom is 0.314 e. The van der Waals surface area contributed by atoms with Crippen molar-refractivity contribution in [1.82, 2.24) is 10.6 Å². The molecule has 0 radical (unpaired) electrons. The van der Waals surface area contributed by atoms with Gasteiger partial charge in [0.25, 0.3) is 0 Å². The van der Waals surface area contributed by atoms with Crippen molar-refractivity contribution in [3.8, 4) is 0 Å². The standard InChI is InChI=1S/C13H22N2O3S/c16-13(14-7-5-11-3-1-2-4-11)15-9-12-6-8-19(17,18)10-12/h3,12H,1-2,4-10H2,(H2,14,15,16). The second-order valence-electron chi connectivity index (χ2n) is 5.41. The Morgan fingerprint density at radius 3 is 2.84 bits per heavy atom. The molecule has 1 aliphatic heterocycles. The number of nitrogens with one attached hydrogen (secondary N) is 2. The second-order valence-corrected chi connectivity index (χ2v) is 7.64. The Morgan fingerprint density at radius 2 is 2.21 bits per heavy atom. The molecule has 0 aromatic carbocycles. The molecule has 0 bridgehead atoms. The topological polar surface area (TPSA) is 75.3 Å². The molecule has 1 fully saturated rings. The van der Waals surface area contributed by atoms with E-state index in [-0.39, 0.29) is 23.5 Å². The number of sulfone groups is 1. The Morgan fingerprint density at radius 1 is 1.37 bits per heavy atom. The van der Waals surface area contributed by atoms with Gasteiger partial charge in [-0.1, -0.05) is 11.6 Å². The summed E-state index contributed by atoms with van der Waals surface area (Å²) >= 11 is 0. The van der Waals surface area contributed by atoms with E-state index in [9.17, 15) is 13.2 Å². The van der Waals surface area contributed by atoms with E-state index in [1.807, 2.05) is 0 Å². The molecule has 6 heteroatoms. The highest BCUT2D eigenvalue weighted by Gasteiger charge is 2.27. The fourth-order valence-electron chi connectivity index (χ4n) is 2.63. The molecule has 1 unspecified atom stereocenters. The van der Waals surface area contributed by atoms with Crippen LogP contribution < -0.4 is 10.6 Å².